The molecule has 0 saturated heterocycles. The number of unbranched alkanes of at least 4 members (excludes halogenated alkanes) is 1. The summed E-state index contributed by atoms with van der Waals surface area (Å²) in [5.41, 5.74) is 0.837. The van der Waals surface area contributed by atoms with E-state index in [1.807, 2.05) is 24.8 Å². The zero-order chi connectivity index (χ0) is 12.5. The molecule has 96 valence electrons. The van der Waals surface area contributed by atoms with E-state index in [4.69, 9.17) is 4.52 Å². The van der Waals surface area contributed by atoms with Crippen LogP contribution in [0.25, 0.3) is 0 Å². The van der Waals surface area contributed by atoms with Gasteiger partial charge in [-0.25, -0.2) is 0 Å². The third-order valence-electron chi connectivity index (χ3n) is 2.25. The quantitative estimate of drug-likeness (QED) is 0.726. The number of carbonyl (C=O) groups excluding carboxylic acids is 1. The van der Waals surface area contributed by atoms with E-state index in [1.54, 1.807) is 0 Å². The van der Waals surface area contributed by atoms with Crippen LogP contribution in [0.4, 0.5) is 0 Å². The molecule has 0 radical (unpaired) electrons. The van der Waals surface area contributed by atoms with Gasteiger partial charge in [0.2, 0.25) is 5.91 Å². The van der Waals surface area contributed by atoms with Crippen LogP contribution in [-0.4, -0.2) is 22.6 Å². The largest absolute Gasteiger partial charge is 0.359 e. The van der Waals surface area contributed by atoms with Crippen LogP contribution in [0, 0.1) is 6.92 Å². The zero-order valence-electron chi connectivity index (χ0n) is 10.5. The van der Waals surface area contributed by atoms with Crippen molar-refractivity contribution in [2.75, 3.05) is 11.5 Å². The van der Waals surface area contributed by atoms with Crippen LogP contribution in [0.5, 0.6) is 0 Å². The minimum Gasteiger partial charge on any atom is -0.359 e. The number of aromatic nitrogens is 1. The van der Waals surface area contributed by atoms with Gasteiger partial charge in [-0.1, -0.05) is 18.5 Å². The summed E-state index contributed by atoms with van der Waals surface area (Å²) in [6, 6.07) is 1.83. The second kappa shape index (κ2) is 8.17. The van der Waals surface area contributed by atoms with Crippen molar-refractivity contribution in [2.24, 2.45) is 0 Å². The summed E-state index contributed by atoms with van der Waals surface area (Å²) < 4.78 is 5.00. The van der Waals surface area contributed by atoms with Crippen molar-refractivity contribution in [1.82, 2.24) is 10.5 Å². The first-order valence-electron chi connectivity index (χ1n) is 5.99. The van der Waals surface area contributed by atoms with Gasteiger partial charge in [-0.05, 0) is 19.1 Å². The van der Waals surface area contributed by atoms with Crippen molar-refractivity contribution in [2.45, 2.75) is 39.7 Å². The number of thioether (sulfide) groups is 1. The van der Waals surface area contributed by atoms with Crippen molar-refractivity contribution >= 4 is 17.7 Å². The highest BCUT2D eigenvalue weighted by atomic mass is 32.2. The molecular weight excluding hydrogens is 236 g/mol. The molecule has 4 nitrogen and oxygen atoms in total. The number of rotatable bonds is 8. The van der Waals surface area contributed by atoms with Crippen LogP contribution >= 0.6 is 11.8 Å². The van der Waals surface area contributed by atoms with Crippen molar-refractivity contribution in [3.63, 3.8) is 0 Å². The fraction of sp³-hybridized carbons (Fsp3) is 0.667. The molecule has 1 N–H and O–H groups in total. The Morgan fingerprint density at radius 1 is 1.53 bits per heavy atom. The Labute approximate surface area is 107 Å². The summed E-state index contributed by atoms with van der Waals surface area (Å²) in [7, 11) is 0. The molecule has 1 aromatic heterocycles. The number of hydrogen-bond acceptors (Lipinski definition) is 4. The van der Waals surface area contributed by atoms with Crippen LogP contribution in [-0.2, 0) is 11.3 Å². The molecule has 0 saturated carbocycles. The minimum absolute atomic E-state index is 0.0723. The number of nitrogens with one attached hydrogen (secondary N) is 1. The highest BCUT2D eigenvalue weighted by Gasteiger charge is 2.04. The monoisotopic (exact) mass is 256 g/mol. The van der Waals surface area contributed by atoms with Crippen LogP contribution in [0.1, 0.15) is 37.6 Å². The molecule has 0 fully saturated rings. The first kappa shape index (κ1) is 14.1. The van der Waals surface area contributed by atoms with Crippen molar-refractivity contribution in [3.8, 4) is 0 Å². The van der Waals surface area contributed by atoms with Gasteiger partial charge in [-0.15, -0.1) is 0 Å². The molecule has 17 heavy (non-hydrogen) atoms. The fourth-order valence-corrected chi connectivity index (χ4v) is 2.31. The van der Waals surface area contributed by atoms with Crippen molar-refractivity contribution in [1.29, 1.82) is 0 Å². The summed E-state index contributed by atoms with van der Waals surface area (Å²) in [4.78, 5) is 11.5. The third kappa shape index (κ3) is 6.36. The summed E-state index contributed by atoms with van der Waals surface area (Å²) in [5, 5.41) is 6.58. The van der Waals surface area contributed by atoms with Crippen LogP contribution in [0.15, 0.2) is 10.6 Å². The zero-order valence-corrected chi connectivity index (χ0v) is 11.3. The molecule has 0 aliphatic rings. The number of aryl methyl sites for hydroxylation is 1. The average Bonchev–Trinajstić information content (AvgIpc) is 2.72. The third-order valence-corrected chi connectivity index (χ3v) is 3.32. The molecule has 0 unspecified atom stereocenters. The Bertz CT molecular complexity index is 339. The van der Waals surface area contributed by atoms with Crippen LogP contribution < -0.4 is 5.32 Å². The molecule has 5 heteroatoms. The van der Waals surface area contributed by atoms with Gasteiger partial charge >= 0.3 is 0 Å². The van der Waals surface area contributed by atoms with E-state index in [0.29, 0.717) is 18.7 Å². The Morgan fingerprint density at radius 3 is 3.00 bits per heavy atom. The van der Waals surface area contributed by atoms with Gasteiger partial charge in [0.25, 0.3) is 0 Å². The Hall–Kier alpha value is -0.970. The highest BCUT2D eigenvalue weighted by Crippen LogP contribution is 2.06. The first-order chi connectivity index (χ1) is 8.22. The maximum absolute atomic E-state index is 11.5. The van der Waals surface area contributed by atoms with Gasteiger partial charge in [0, 0.05) is 18.2 Å². The summed E-state index contributed by atoms with van der Waals surface area (Å²) >= 11 is 1.84. The topological polar surface area (TPSA) is 55.1 Å². The molecule has 1 amide bonds. The van der Waals surface area contributed by atoms with Gasteiger partial charge < -0.3 is 9.84 Å². The maximum atomic E-state index is 11.5. The lowest BCUT2D eigenvalue weighted by molar-refractivity contribution is -0.120. The second-order valence-electron chi connectivity index (χ2n) is 3.93. The Morgan fingerprint density at radius 2 is 2.35 bits per heavy atom. The second-order valence-corrected chi connectivity index (χ2v) is 5.15. The number of carbonyl (C=O) groups is 1. The average molecular weight is 256 g/mol. The lowest BCUT2D eigenvalue weighted by atomic mass is 10.3. The van der Waals surface area contributed by atoms with E-state index < -0.39 is 0 Å². The predicted octanol–water partition coefficient (Wildman–Crippen LogP) is 2.52. The molecule has 1 aromatic rings. The molecule has 1 rings (SSSR count). The minimum atomic E-state index is 0.0723. The van der Waals surface area contributed by atoms with E-state index in [2.05, 4.69) is 17.4 Å². The molecule has 0 aromatic carbocycles. The molecule has 1 heterocycles. The van der Waals surface area contributed by atoms with Crippen molar-refractivity contribution in [3.05, 3.63) is 17.5 Å². The lowest BCUT2D eigenvalue weighted by Gasteiger charge is -2.02. The Balaban J connectivity index is 2.05. The van der Waals surface area contributed by atoms with E-state index in [1.165, 1.54) is 12.8 Å². The summed E-state index contributed by atoms with van der Waals surface area (Å²) in [6.45, 7) is 4.46. The molecule has 0 aliphatic heterocycles. The maximum Gasteiger partial charge on any atom is 0.221 e. The first-order valence-corrected chi connectivity index (χ1v) is 7.14. The van der Waals surface area contributed by atoms with Crippen LogP contribution in [0.3, 0.4) is 0 Å². The molecule has 0 spiro atoms. The van der Waals surface area contributed by atoms with Gasteiger partial charge in [-0.2, -0.15) is 11.8 Å². The molecule has 0 bridgehead atoms. The fourth-order valence-electron chi connectivity index (χ4n) is 1.29. The van der Waals surface area contributed by atoms with Gasteiger partial charge in [0.1, 0.15) is 0 Å². The molecule has 0 aliphatic carbocycles. The van der Waals surface area contributed by atoms with E-state index in [0.717, 1.165) is 17.2 Å². The Kier molecular flexibility index (Phi) is 6.77. The van der Waals surface area contributed by atoms with Crippen molar-refractivity contribution < 1.29 is 9.32 Å². The standard InChI is InChI=1S/C12H20N2O2S/c1-3-4-6-17-7-5-12(15)13-9-11-8-10(2)14-16-11/h8H,3-7,9H2,1-2H3,(H,13,15). The van der Waals surface area contributed by atoms with Gasteiger partial charge in [0.05, 0.1) is 12.2 Å². The molecular formula is C12H20N2O2S. The summed E-state index contributed by atoms with van der Waals surface area (Å²) in [5.74, 6) is 2.81. The van der Waals surface area contributed by atoms with Gasteiger partial charge in [-0.3, -0.25) is 4.79 Å². The number of hydrogen-bond donors (Lipinski definition) is 1. The number of amides is 1. The number of nitrogens with zero attached hydrogens (tertiary/aromatic N) is 1. The molecule has 0 atom stereocenters. The van der Waals surface area contributed by atoms with E-state index in [-0.39, 0.29) is 5.91 Å². The normalized spacial score (nSPS) is 10.5. The SMILES string of the molecule is CCCCSCCC(=O)NCc1cc(C)no1. The predicted molar refractivity (Wildman–Crippen MR) is 69.9 cm³/mol. The van der Waals surface area contributed by atoms with Gasteiger partial charge in [0.15, 0.2) is 5.76 Å². The smallest absolute Gasteiger partial charge is 0.221 e. The summed E-state index contributed by atoms with van der Waals surface area (Å²) in [6.07, 6.45) is 3.01. The van der Waals surface area contributed by atoms with Crippen LogP contribution in [0.2, 0.25) is 0 Å². The van der Waals surface area contributed by atoms with E-state index >= 15 is 0 Å². The highest BCUT2D eigenvalue weighted by molar-refractivity contribution is 7.99. The lowest BCUT2D eigenvalue weighted by Crippen LogP contribution is -2.22. The van der Waals surface area contributed by atoms with E-state index in [9.17, 15) is 4.79 Å².